The molecule has 1 fully saturated rings. The first-order chi connectivity index (χ1) is 9.33. The van der Waals surface area contributed by atoms with Crippen molar-refractivity contribution in [2.45, 2.75) is 25.7 Å². The zero-order chi connectivity index (χ0) is 13.1. The lowest BCUT2D eigenvalue weighted by Crippen LogP contribution is -2.34. The normalized spacial score (nSPS) is 21.4. The minimum atomic E-state index is 0.211. The van der Waals surface area contributed by atoms with E-state index < -0.39 is 0 Å². The number of carbonyl (C=O) groups excluding carboxylic acids is 1. The third kappa shape index (κ3) is 2.89. The fraction of sp³-hybridized carbons (Fsp3) is 0.533. The fourth-order valence-electron chi connectivity index (χ4n) is 2.69. The number of hydrogen-bond donors (Lipinski definition) is 1. The summed E-state index contributed by atoms with van der Waals surface area (Å²) in [6.07, 6.45) is 3.55. The Hall–Kier alpha value is -1.55. The monoisotopic (exact) mass is 261 g/mol. The van der Waals surface area contributed by atoms with Crippen LogP contribution in [0.1, 0.15) is 24.8 Å². The minimum Gasteiger partial charge on any atom is -0.454 e. The average Bonchev–Trinajstić information content (AvgIpc) is 2.93. The van der Waals surface area contributed by atoms with Crippen molar-refractivity contribution >= 4 is 5.78 Å². The van der Waals surface area contributed by atoms with E-state index in [0.29, 0.717) is 19.0 Å². The van der Waals surface area contributed by atoms with Crippen LogP contribution >= 0.6 is 0 Å². The van der Waals surface area contributed by atoms with Crippen LogP contribution in [0, 0.1) is 5.92 Å². The first-order valence-corrected chi connectivity index (χ1v) is 6.95. The third-order valence-electron chi connectivity index (χ3n) is 3.85. The molecule has 2 aliphatic heterocycles. The summed E-state index contributed by atoms with van der Waals surface area (Å²) in [4.78, 5) is 12.1. The van der Waals surface area contributed by atoms with Crippen LogP contribution < -0.4 is 14.8 Å². The number of carbonyl (C=O) groups is 1. The number of benzene rings is 1. The van der Waals surface area contributed by atoms with Gasteiger partial charge in [-0.2, -0.15) is 0 Å². The molecule has 19 heavy (non-hydrogen) atoms. The molecule has 4 heteroatoms. The number of nitrogens with one attached hydrogen (secondary N) is 1. The molecule has 3 rings (SSSR count). The highest BCUT2D eigenvalue weighted by Crippen LogP contribution is 2.32. The maximum Gasteiger partial charge on any atom is 0.231 e. The maximum absolute atomic E-state index is 12.1. The van der Waals surface area contributed by atoms with Gasteiger partial charge in [-0.3, -0.25) is 4.79 Å². The molecule has 4 nitrogen and oxygen atoms in total. The third-order valence-corrected chi connectivity index (χ3v) is 3.85. The molecule has 1 saturated heterocycles. The lowest BCUT2D eigenvalue weighted by molar-refractivity contribution is -0.123. The number of hydrogen-bond acceptors (Lipinski definition) is 4. The summed E-state index contributed by atoms with van der Waals surface area (Å²) in [6, 6.07) is 5.92. The van der Waals surface area contributed by atoms with Crippen LogP contribution in [-0.2, 0) is 11.2 Å². The van der Waals surface area contributed by atoms with Crippen molar-refractivity contribution in [3.8, 4) is 11.5 Å². The summed E-state index contributed by atoms with van der Waals surface area (Å²) in [5, 5.41) is 3.29. The van der Waals surface area contributed by atoms with E-state index in [9.17, 15) is 4.79 Å². The highest BCUT2D eigenvalue weighted by molar-refractivity contribution is 5.81. The Morgan fingerprint density at radius 1 is 1.32 bits per heavy atom. The number of Topliss-reactive ketones (excluding diaryl/α,β-unsaturated/α-hetero) is 1. The number of fused-ring (bicyclic) bond motifs is 1. The van der Waals surface area contributed by atoms with Crippen molar-refractivity contribution in [1.82, 2.24) is 5.32 Å². The molecule has 1 aromatic rings. The minimum absolute atomic E-state index is 0.211. The van der Waals surface area contributed by atoms with Crippen LogP contribution in [0.15, 0.2) is 18.2 Å². The summed E-state index contributed by atoms with van der Waals surface area (Å²) in [6.45, 7) is 2.19. The largest absolute Gasteiger partial charge is 0.454 e. The molecule has 1 atom stereocenters. The molecule has 0 saturated carbocycles. The van der Waals surface area contributed by atoms with E-state index >= 15 is 0 Å². The van der Waals surface area contributed by atoms with Gasteiger partial charge in [-0.15, -0.1) is 0 Å². The van der Waals surface area contributed by atoms with Gasteiger partial charge in [-0.25, -0.2) is 0 Å². The van der Waals surface area contributed by atoms with E-state index in [-0.39, 0.29) is 5.92 Å². The number of aryl methyl sites for hydroxylation is 1. The SMILES string of the molecule is O=C(CCc1ccc2c(c1)OCO2)C1CCCNC1. The molecule has 0 aliphatic carbocycles. The summed E-state index contributed by atoms with van der Waals surface area (Å²) in [7, 11) is 0. The van der Waals surface area contributed by atoms with E-state index in [1.807, 2.05) is 18.2 Å². The Morgan fingerprint density at radius 3 is 3.05 bits per heavy atom. The Balaban J connectivity index is 1.55. The molecule has 0 spiro atoms. The van der Waals surface area contributed by atoms with Crippen LogP contribution in [0.4, 0.5) is 0 Å². The quantitative estimate of drug-likeness (QED) is 0.899. The molecule has 0 amide bonds. The number of ether oxygens (including phenoxy) is 2. The molecular weight excluding hydrogens is 242 g/mol. The second-order valence-corrected chi connectivity index (χ2v) is 5.20. The first kappa shape index (κ1) is 12.5. The first-order valence-electron chi connectivity index (χ1n) is 6.95. The zero-order valence-corrected chi connectivity index (χ0v) is 11.0. The van der Waals surface area contributed by atoms with Gasteiger partial charge >= 0.3 is 0 Å². The highest BCUT2D eigenvalue weighted by atomic mass is 16.7. The predicted molar refractivity (Wildman–Crippen MR) is 71.5 cm³/mol. The Kier molecular flexibility index (Phi) is 3.69. The second kappa shape index (κ2) is 5.61. The fourth-order valence-corrected chi connectivity index (χ4v) is 2.69. The smallest absolute Gasteiger partial charge is 0.231 e. The molecule has 2 aliphatic rings. The number of piperidine rings is 1. The van der Waals surface area contributed by atoms with Gasteiger partial charge in [0.05, 0.1) is 0 Å². The number of rotatable bonds is 4. The Bertz CT molecular complexity index is 466. The van der Waals surface area contributed by atoms with E-state index in [4.69, 9.17) is 9.47 Å². The molecule has 0 radical (unpaired) electrons. The number of ketones is 1. The molecule has 0 bridgehead atoms. The van der Waals surface area contributed by atoms with E-state index in [0.717, 1.165) is 49.4 Å². The molecule has 1 aromatic carbocycles. The molecule has 1 N–H and O–H groups in total. The van der Waals surface area contributed by atoms with Crippen LogP contribution in [0.25, 0.3) is 0 Å². The van der Waals surface area contributed by atoms with Gasteiger partial charge in [0, 0.05) is 18.9 Å². The van der Waals surface area contributed by atoms with Gasteiger partial charge in [0.15, 0.2) is 11.5 Å². The molecule has 1 unspecified atom stereocenters. The standard InChI is InChI=1S/C15H19NO3/c17-13(12-2-1-7-16-9-12)5-3-11-4-6-14-15(8-11)19-10-18-14/h4,6,8,12,16H,1-3,5,7,9-10H2. The zero-order valence-electron chi connectivity index (χ0n) is 11.0. The summed E-state index contributed by atoms with van der Waals surface area (Å²) in [5.41, 5.74) is 1.14. The average molecular weight is 261 g/mol. The summed E-state index contributed by atoms with van der Waals surface area (Å²) >= 11 is 0. The van der Waals surface area contributed by atoms with E-state index in [2.05, 4.69) is 5.32 Å². The van der Waals surface area contributed by atoms with Crippen LogP contribution in [-0.4, -0.2) is 25.7 Å². The van der Waals surface area contributed by atoms with Crippen LogP contribution in [0.5, 0.6) is 11.5 Å². The molecule has 0 aromatic heterocycles. The van der Waals surface area contributed by atoms with Gasteiger partial charge in [-0.1, -0.05) is 6.07 Å². The van der Waals surface area contributed by atoms with Gasteiger partial charge in [-0.05, 0) is 43.5 Å². The van der Waals surface area contributed by atoms with Gasteiger partial charge in [0.1, 0.15) is 5.78 Å². The lowest BCUT2D eigenvalue weighted by Gasteiger charge is -2.21. The predicted octanol–water partition coefficient (Wildman–Crippen LogP) is 1.92. The van der Waals surface area contributed by atoms with Gasteiger partial charge in [0.25, 0.3) is 0 Å². The van der Waals surface area contributed by atoms with Crippen LogP contribution in [0.3, 0.4) is 0 Å². The van der Waals surface area contributed by atoms with Crippen molar-refractivity contribution in [3.63, 3.8) is 0 Å². The lowest BCUT2D eigenvalue weighted by atomic mass is 9.91. The van der Waals surface area contributed by atoms with E-state index in [1.165, 1.54) is 0 Å². The van der Waals surface area contributed by atoms with Crippen molar-refractivity contribution < 1.29 is 14.3 Å². The van der Waals surface area contributed by atoms with Crippen molar-refractivity contribution in [2.24, 2.45) is 5.92 Å². The van der Waals surface area contributed by atoms with Gasteiger partial charge in [0.2, 0.25) is 6.79 Å². The Morgan fingerprint density at radius 2 is 2.21 bits per heavy atom. The summed E-state index contributed by atoms with van der Waals surface area (Å²) in [5.74, 6) is 2.18. The van der Waals surface area contributed by atoms with Crippen LogP contribution in [0.2, 0.25) is 0 Å². The highest BCUT2D eigenvalue weighted by Gasteiger charge is 2.20. The molecule has 2 heterocycles. The van der Waals surface area contributed by atoms with E-state index in [1.54, 1.807) is 0 Å². The maximum atomic E-state index is 12.1. The molecular formula is C15H19NO3. The van der Waals surface area contributed by atoms with Crippen molar-refractivity contribution in [1.29, 1.82) is 0 Å². The topological polar surface area (TPSA) is 47.6 Å². The Labute approximate surface area is 113 Å². The summed E-state index contributed by atoms with van der Waals surface area (Å²) < 4.78 is 10.6. The van der Waals surface area contributed by atoms with Crippen molar-refractivity contribution in [3.05, 3.63) is 23.8 Å². The van der Waals surface area contributed by atoms with Gasteiger partial charge < -0.3 is 14.8 Å². The second-order valence-electron chi connectivity index (χ2n) is 5.20. The van der Waals surface area contributed by atoms with Crippen molar-refractivity contribution in [2.75, 3.05) is 19.9 Å². The molecule has 102 valence electrons.